The van der Waals surface area contributed by atoms with Crippen molar-refractivity contribution in [3.63, 3.8) is 0 Å². The fourth-order valence-electron chi connectivity index (χ4n) is 1.07. The lowest BCUT2D eigenvalue weighted by atomic mass is 10.3. The summed E-state index contributed by atoms with van der Waals surface area (Å²) in [5, 5.41) is 3.66. The quantitative estimate of drug-likeness (QED) is 0.799. The highest BCUT2D eigenvalue weighted by atomic mass is 79.9. The van der Waals surface area contributed by atoms with Crippen LogP contribution in [0.4, 0.5) is 13.2 Å². The van der Waals surface area contributed by atoms with E-state index in [1.807, 2.05) is 0 Å². The first kappa shape index (κ1) is 13.2. The zero-order chi connectivity index (χ0) is 12.3. The monoisotopic (exact) mass is 300 g/mol. The fourth-order valence-corrected chi connectivity index (χ4v) is 1.55. The predicted molar refractivity (Wildman–Crippen MR) is 52.2 cm³/mol. The summed E-state index contributed by atoms with van der Waals surface area (Å²) in [4.78, 5) is 11.1. The summed E-state index contributed by atoms with van der Waals surface area (Å²) < 4.78 is 42.4. The number of methoxy groups -OCH3 is 1. The molecule has 0 N–H and O–H groups in total. The van der Waals surface area contributed by atoms with Gasteiger partial charge in [-0.05, 0) is 15.9 Å². The first-order valence-electron chi connectivity index (χ1n) is 4.19. The lowest BCUT2D eigenvalue weighted by Gasteiger charge is -2.08. The van der Waals surface area contributed by atoms with Gasteiger partial charge in [-0.25, -0.2) is 0 Å². The summed E-state index contributed by atoms with van der Waals surface area (Å²) in [6, 6.07) is 0. The summed E-state index contributed by atoms with van der Waals surface area (Å²) in [5.74, 6) is -1.92. The highest BCUT2D eigenvalue weighted by molar-refractivity contribution is 9.10. The molecule has 0 saturated carbocycles. The lowest BCUT2D eigenvalue weighted by Crippen LogP contribution is -2.27. The normalized spacial score (nSPS) is 11.8. The molecule has 0 saturated heterocycles. The Morgan fingerprint density at radius 2 is 2.25 bits per heavy atom. The van der Waals surface area contributed by atoms with Gasteiger partial charge in [-0.1, -0.05) is 0 Å². The van der Waals surface area contributed by atoms with Crippen LogP contribution in [0.1, 0.15) is 10.5 Å². The van der Waals surface area contributed by atoms with Crippen molar-refractivity contribution in [3.05, 3.63) is 16.4 Å². The van der Waals surface area contributed by atoms with E-state index in [1.165, 1.54) is 7.11 Å². The molecule has 1 aromatic heterocycles. The number of carbonyl (C=O) groups is 1. The number of carbonyl (C=O) groups excluding carboxylic acids is 1. The number of hydrogen-bond acceptors (Lipinski definition) is 3. The van der Waals surface area contributed by atoms with Gasteiger partial charge in [0.15, 0.2) is 0 Å². The maximum absolute atomic E-state index is 12.3. The first-order chi connectivity index (χ1) is 7.38. The van der Waals surface area contributed by atoms with Crippen molar-refractivity contribution in [2.24, 2.45) is 0 Å². The number of aromatic nitrogens is 2. The average Bonchev–Trinajstić information content (AvgIpc) is 2.54. The van der Waals surface area contributed by atoms with Gasteiger partial charge in [0.05, 0.1) is 23.8 Å². The Balaban J connectivity index is 3.02. The van der Waals surface area contributed by atoms with E-state index in [4.69, 9.17) is 4.74 Å². The molecule has 16 heavy (non-hydrogen) atoms. The molecule has 0 fully saturated rings. The lowest BCUT2D eigenvalue weighted by molar-refractivity contribution is -0.0892. The molecule has 0 bridgehead atoms. The van der Waals surface area contributed by atoms with E-state index in [9.17, 15) is 18.0 Å². The molecule has 1 heterocycles. The van der Waals surface area contributed by atoms with E-state index in [0.29, 0.717) is 0 Å². The third-order valence-corrected chi connectivity index (χ3v) is 2.35. The minimum absolute atomic E-state index is 0.0194. The molecule has 1 rings (SSSR count). The second-order valence-electron chi connectivity index (χ2n) is 2.88. The highest BCUT2D eigenvalue weighted by Gasteiger charge is 2.42. The van der Waals surface area contributed by atoms with Gasteiger partial charge in [-0.2, -0.15) is 18.3 Å². The van der Waals surface area contributed by atoms with Crippen LogP contribution in [0, 0.1) is 0 Å². The zero-order valence-electron chi connectivity index (χ0n) is 8.21. The molecular weight excluding hydrogens is 293 g/mol. The molecule has 0 amide bonds. The smallest absolute Gasteiger partial charge is 0.383 e. The van der Waals surface area contributed by atoms with Gasteiger partial charge >= 0.3 is 6.18 Å². The van der Waals surface area contributed by atoms with E-state index in [1.54, 1.807) is 0 Å². The summed E-state index contributed by atoms with van der Waals surface area (Å²) in [6.07, 6.45) is -3.76. The predicted octanol–water partition coefficient (Wildman–Crippen LogP) is 2.04. The van der Waals surface area contributed by atoms with Crippen LogP contribution in [0.5, 0.6) is 0 Å². The molecule has 1 aromatic rings. The Morgan fingerprint density at radius 3 is 2.75 bits per heavy atom. The number of hydrogen-bond donors (Lipinski definition) is 0. The standard InChI is InChI=1S/C8H8BrF3N2O2/c1-16-3-2-14-6(5(9)4-13-14)7(15)8(10,11)12/h4H,2-3H2,1H3. The number of ketones is 1. The van der Waals surface area contributed by atoms with Gasteiger partial charge in [0.2, 0.25) is 0 Å². The number of nitrogens with zero attached hydrogens (tertiary/aromatic N) is 2. The number of Topliss-reactive ketones (excluding diaryl/α,β-unsaturated/α-hetero) is 1. The SMILES string of the molecule is COCCn1ncc(Br)c1C(=O)C(F)(F)F. The van der Waals surface area contributed by atoms with E-state index >= 15 is 0 Å². The summed E-state index contributed by atoms with van der Waals surface area (Å²) in [7, 11) is 1.41. The molecule has 0 atom stereocenters. The fraction of sp³-hybridized carbons (Fsp3) is 0.500. The van der Waals surface area contributed by atoms with E-state index in [-0.39, 0.29) is 17.6 Å². The van der Waals surface area contributed by atoms with Gasteiger partial charge in [0, 0.05) is 7.11 Å². The molecule has 0 aliphatic rings. The molecule has 0 spiro atoms. The van der Waals surface area contributed by atoms with Crippen molar-refractivity contribution in [2.75, 3.05) is 13.7 Å². The molecule has 0 radical (unpaired) electrons. The maximum atomic E-state index is 12.3. The van der Waals surface area contributed by atoms with Crippen LogP contribution in [-0.4, -0.2) is 35.5 Å². The largest absolute Gasteiger partial charge is 0.456 e. The molecule has 0 unspecified atom stereocenters. The molecule has 0 aliphatic heterocycles. The van der Waals surface area contributed by atoms with E-state index < -0.39 is 17.7 Å². The van der Waals surface area contributed by atoms with E-state index in [0.717, 1.165) is 10.9 Å². The Bertz CT molecular complexity index is 389. The molecular formula is C8H8BrF3N2O2. The minimum Gasteiger partial charge on any atom is -0.383 e. The van der Waals surface area contributed by atoms with Gasteiger partial charge in [0.1, 0.15) is 5.69 Å². The van der Waals surface area contributed by atoms with Crippen molar-refractivity contribution in [3.8, 4) is 0 Å². The number of ether oxygens (including phenoxy) is 1. The number of halogens is 4. The number of alkyl halides is 3. The topological polar surface area (TPSA) is 44.1 Å². The van der Waals surface area contributed by atoms with Crippen molar-refractivity contribution in [1.82, 2.24) is 9.78 Å². The van der Waals surface area contributed by atoms with Crippen LogP contribution in [0.3, 0.4) is 0 Å². The molecule has 90 valence electrons. The molecule has 4 nitrogen and oxygen atoms in total. The van der Waals surface area contributed by atoms with Crippen LogP contribution in [0.25, 0.3) is 0 Å². The van der Waals surface area contributed by atoms with E-state index in [2.05, 4.69) is 21.0 Å². The van der Waals surface area contributed by atoms with Gasteiger partial charge in [-0.3, -0.25) is 9.48 Å². The maximum Gasteiger partial charge on any atom is 0.456 e. The third kappa shape index (κ3) is 2.82. The van der Waals surface area contributed by atoms with Crippen molar-refractivity contribution >= 4 is 21.7 Å². The number of rotatable bonds is 4. The Labute approximate surface area is 97.5 Å². The Kier molecular flexibility index (Phi) is 4.09. The first-order valence-corrected chi connectivity index (χ1v) is 4.99. The van der Waals surface area contributed by atoms with Crippen LogP contribution < -0.4 is 0 Å². The molecule has 8 heteroatoms. The summed E-state index contributed by atoms with van der Waals surface area (Å²) in [6.45, 7) is 0.255. The minimum atomic E-state index is -4.91. The van der Waals surface area contributed by atoms with Gasteiger partial charge < -0.3 is 4.74 Å². The van der Waals surface area contributed by atoms with Crippen LogP contribution >= 0.6 is 15.9 Å². The third-order valence-electron chi connectivity index (χ3n) is 1.77. The average molecular weight is 301 g/mol. The molecule has 0 aromatic carbocycles. The summed E-state index contributed by atoms with van der Waals surface area (Å²) >= 11 is 2.86. The van der Waals surface area contributed by atoms with Crippen LogP contribution in [0.2, 0.25) is 0 Å². The van der Waals surface area contributed by atoms with Gasteiger partial charge in [-0.15, -0.1) is 0 Å². The van der Waals surface area contributed by atoms with Crippen LogP contribution in [-0.2, 0) is 11.3 Å². The van der Waals surface area contributed by atoms with Crippen molar-refractivity contribution < 1.29 is 22.7 Å². The molecule has 0 aliphatic carbocycles. The van der Waals surface area contributed by atoms with Crippen LogP contribution in [0.15, 0.2) is 10.7 Å². The Hall–Kier alpha value is -0.890. The second kappa shape index (κ2) is 4.96. The Morgan fingerprint density at radius 1 is 1.62 bits per heavy atom. The van der Waals surface area contributed by atoms with Gasteiger partial charge in [0.25, 0.3) is 5.78 Å². The highest BCUT2D eigenvalue weighted by Crippen LogP contribution is 2.26. The zero-order valence-corrected chi connectivity index (χ0v) is 9.80. The summed E-state index contributed by atoms with van der Waals surface area (Å²) in [5.41, 5.74) is -0.510. The van der Waals surface area contributed by atoms with Crippen molar-refractivity contribution in [2.45, 2.75) is 12.7 Å². The second-order valence-corrected chi connectivity index (χ2v) is 3.74. The van der Waals surface area contributed by atoms with Crippen molar-refractivity contribution in [1.29, 1.82) is 0 Å².